The van der Waals surface area contributed by atoms with Crippen LogP contribution in [0.3, 0.4) is 0 Å². The first-order chi connectivity index (χ1) is 6.44. The average Bonchev–Trinajstić information content (AvgIpc) is 2.28. The molecule has 0 aliphatic carbocycles. The van der Waals surface area contributed by atoms with Gasteiger partial charge in [-0.3, -0.25) is 9.40 Å². The van der Waals surface area contributed by atoms with Gasteiger partial charge in [-0.1, -0.05) is 0 Å². The molecular formula is C7H13N3O3S. The van der Waals surface area contributed by atoms with Gasteiger partial charge in [0.1, 0.15) is 0 Å². The van der Waals surface area contributed by atoms with E-state index < -0.39 is 16.6 Å². The molecule has 0 amide bonds. The number of nitrogens with zero attached hydrogens (tertiary/aromatic N) is 2. The van der Waals surface area contributed by atoms with E-state index in [1.165, 1.54) is 4.68 Å². The highest BCUT2D eigenvalue weighted by molar-refractivity contribution is 7.92. The number of aryl methyl sites for hydroxylation is 2. The average molecular weight is 219 g/mol. The summed E-state index contributed by atoms with van der Waals surface area (Å²) in [6.07, 6.45) is 1.57. The van der Waals surface area contributed by atoms with E-state index in [1.807, 2.05) is 0 Å². The number of anilines is 1. The Hall–Kier alpha value is -1.08. The predicted octanol–water partition coefficient (Wildman–Crippen LogP) is -0.537. The first-order valence-corrected chi connectivity index (χ1v) is 5.71. The highest BCUT2D eigenvalue weighted by atomic mass is 32.2. The van der Waals surface area contributed by atoms with Gasteiger partial charge in [0, 0.05) is 13.2 Å². The molecule has 0 spiro atoms. The molecule has 6 nitrogen and oxygen atoms in total. The Morgan fingerprint density at radius 2 is 2.29 bits per heavy atom. The third-order valence-corrected chi connectivity index (χ3v) is 2.89. The molecule has 1 aromatic rings. The van der Waals surface area contributed by atoms with Crippen molar-refractivity contribution in [2.75, 3.05) is 17.1 Å². The van der Waals surface area contributed by atoms with E-state index in [1.54, 1.807) is 20.2 Å². The number of sulfonamides is 1. The molecule has 0 saturated carbocycles. The van der Waals surface area contributed by atoms with Crippen molar-refractivity contribution in [3.05, 3.63) is 11.9 Å². The van der Waals surface area contributed by atoms with Crippen LogP contribution >= 0.6 is 0 Å². The van der Waals surface area contributed by atoms with Gasteiger partial charge in [0.2, 0.25) is 10.0 Å². The van der Waals surface area contributed by atoms with Crippen molar-refractivity contribution in [1.29, 1.82) is 0 Å². The summed E-state index contributed by atoms with van der Waals surface area (Å²) >= 11 is 0. The zero-order valence-corrected chi connectivity index (χ0v) is 8.87. The molecule has 0 saturated heterocycles. The lowest BCUT2D eigenvalue weighted by Gasteiger charge is -2.03. The van der Waals surface area contributed by atoms with Gasteiger partial charge in [0.15, 0.2) is 0 Å². The largest absolute Gasteiger partial charge is 0.395 e. The predicted molar refractivity (Wildman–Crippen MR) is 52.4 cm³/mol. The molecule has 0 fully saturated rings. The molecular weight excluding hydrogens is 206 g/mol. The Morgan fingerprint density at radius 3 is 2.71 bits per heavy atom. The van der Waals surface area contributed by atoms with Crippen molar-refractivity contribution in [2.24, 2.45) is 7.05 Å². The molecule has 1 rings (SSSR count). The number of nitrogens with one attached hydrogen (secondary N) is 1. The number of aliphatic hydroxyl groups excluding tert-OH is 1. The van der Waals surface area contributed by atoms with E-state index >= 15 is 0 Å². The molecule has 0 unspecified atom stereocenters. The summed E-state index contributed by atoms with van der Waals surface area (Å²) in [6, 6.07) is 0. The highest BCUT2D eigenvalue weighted by Gasteiger charge is 2.12. The summed E-state index contributed by atoms with van der Waals surface area (Å²) in [5.74, 6) is -0.304. The Labute approximate surface area is 82.6 Å². The van der Waals surface area contributed by atoms with Crippen LogP contribution in [-0.4, -0.2) is 35.7 Å². The normalized spacial score (nSPS) is 11.6. The van der Waals surface area contributed by atoms with Crippen LogP contribution in [-0.2, 0) is 17.1 Å². The molecule has 0 bridgehead atoms. The van der Waals surface area contributed by atoms with Crippen LogP contribution in [0, 0.1) is 6.92 Å². The maximum atomic E-state index is 11.3. The van der Waals surface area contributed by atoms with Crippen molar-refractivity contribution in [3.8, 4) is 0 Å². The summed E-state index contributed by atoms with van der Waals surface area (Å²) in [5, 5.41) is 12.5. The van der Waals surface area contributed by atoms with Crippen LogP contribution < -0.4 is 4.72 Å². The van der Waals surface area contributed by atoms with E-state index in [9.17, 15) is 8.42 Å². The SMILES string of the molecule is Cc1nn(C)cc1NS(=O)(=O)CCO. The summed E-state index contributed by atoms with van der Waals surface area (Å²) in [4.78, 5) is 0. The summed E-state index contributed by atoms with van der Waals surface area (Å²) < 4.78 is 26.4. The van der Waals surface area contributed by atoms with E-state index in [4.69, 9.17) is 5.11 Å². The molecule has 7 heteroatoms. The maximum Gasteiger partial charge on any atom is 0.235 e. The molecule has 1 aromatic heterocycles. The smallest absolute Gasteiger partial charge is 0.235 e. The molecule has 0 radical (unpaired) electrons. The first-order valence-electron chi connectivity index (χ1n) is 4.06. The van der Waals surface area contributed by atoms with Crippen molar-refractivity contribution in [1.82, 2.24) is 9.78 Å². The lowest BCUT2D eigenvalue weighted by atomic mass is 10.4. The van der Waals surface area contributed by atoms with E-state index in [-0.39, 0.29) is 5.75 Å². The van der Waals surface area contributed by atoms with Crippen LogP contribution in [0.15, 0.2) is 6.20 Å². The van der Waals surface area contributed by atoms with Crippen molar-refractivity contribution >= 4 is 15.7 Å². The molecule has 0 aliphatic rings. The number of hydrogen-bond acceptors (Lipinski definition) is 4. The minimum Gasteiger partial charge on any atom is -0.395 e. The standard InChI is InChI=1S/C7H13N3O3S/c1-6-7(5-10(2)8-6)9-14(12,13)4-3-11/h5,9,11H,3-4H2,1-2H3. The van der Waals surface area contributed by atoms with Gasteiger partial charge in [-0.2, -0.15) is 5.10 Å². The fourth-order valence-electron chi connectivity index (χ4n) is 1.04. The fraction of sp³-hybridized carbons (Fsp3) is 0.571. The second-order valence-corrected chi connectivity index (χ2v) is 4.79. The molecule has 1 heterocycles. The Bertz CT molecular complexity index is 410. The molecule has 80 valence electrons. The van der Waals surface area contributed by atoms with Gasteiger partial charge < -0.3 is 5.11 Å². The van der Waals surface area contributed by atoms with Gasteiger partial charge in [-0.25, -0.2) is 8.42 Å². The maximum absolute atomic E-state index is 11.3. The second kappa shape index (κ2) is 3.97. The van der Waals surface area contributed by atoms with Gasteiger partial charge in [0.05, 0.1) is 23.7 Å². The third kappa shape index (κ3) is 2.71. The minimum atomic E-state index is -3.45. The molecule has 2 N–H and O–H groups in total. The van der Waals surface area contributed by atoms with Crippen molar-refractivity contribution in [2.45, 2.75) is 6.92 Å². The third-order valence-electron chi connectivity index (χ3n) is 1.64. The summed E-state index contributed by atoms with van der Waals surface area (Å²) in [6.45, 7) is 1.31. The minimum absolute atomic E-state index is 0.304. The van der Waals surface area contributed by atoms with E-state index in [2.05, 4.69) is 9.82 Å². The van der Waals surface area contributed by atoms with E-state index in [0.717, 1.165) is 0 Å². The van der Waals surface area contributed by atoms with Crippen LogP contribution in [0.1, 0.15) is 5.69 Å². The molecule has 0 atom stereocenters. The van der Waals surface area contributed by atoms with Gasteiger partial charge >= 0.3 is 0 Å². The number of aromatic nitrogens is 2. The monoisotopic (exact) mass is 219 g/mol. The molecule has 0 aromatic carbocycles. The van der Waals surface area contributed by atoms with Gasteiger partial charge in [-0.05, 0) is 6.92 Å². The van der Waals surface area contributed by atoms with E-state index in [0.29, 0.717) is 11.4 Å². The lowest BCUT2D eigenvalue weighted by molar-refractivity contribution is 0.320. The Morgan fingerprint density at radius 1 is 1.64 bits per heavy atom. The van der Waals surface area contributed by atoms with Crippen LogP contribution in [0.2, 0.25) is 0 Å². The first kappa shape index (κ1) is 11.0. The Kier molecular flexibility index (Phi) is 3.12. The van der Waals surface area contributed by atoms with Crippen LogP contribution in [0.5, 0.6) is 0 Å². The number of rotatable bonds is 4. The zero-order chi connectivity index (χ0) is 10.8. The zero-order valence-electron chi connectivity index (χ0n) is 8.06. The molecule has 0 aliphatic heterocycles. The second-order valence-electron chi connectivity index (χ2n) is 2.95. The number of hydrogen-bond donors (Lipinski definition) is 2. The van der Waals surface area contributed by atoms with Crippen LogP contribution in [0.25, 0.3) is 0 Å². The Balaban J connectivity index is 2.83. The molecule has 14 heavy (non-hydrogen) atoms. The fourth-order valence-corrected chi connectivity index (χ4v) is 1.92. The quantitative estimate of drug-likeness (QED) is 0.712. The van der Waals surface area contributed by atoms with Crippen LogP contribution in [0.4, 0.5) is 5.69 Å². The van der Waals surface area contributed by atoms with Crippen molar-refractivity contribution in [3.63, 3.8) is 0 Å². The number of aliphatic hydroxyl groups is 1. The summed E-state index contributed by atoms with van der Waals surface area (Å²) in [7, 11) is -1.74. The highest BCUT2D eigenvalue weighted by Crippen LogP contribution is 2.13. The topological polar surface area (TPSA) is 84.2 Å². The van der Waals surface area contributed by atoms with Gasteiger partial charge in [-0.15, -0.1) is 0 Å². The lowest BCUT2D eigenvalue weighted by Crippen LogP contribution is -2.19. The van der Waals surface area contributed by atoms with Crippen molar-refractivity contribution < 1.29 is 13.5 Å². The summed E-state index contributed by atoms with van der Waals surface area (Å²) in [5.41, 5.74) is 1.05. The van der Waals surface area contributed by atoms with Gasteiger partial charge in [0.25, 0.3) is 0 Å².